The van der Waals surface area contributed by atoms with E-state index in [0.29, 0.717) is 16.0 Å². The molecule has 0 amide bonds. The summed E-state index contributed by atoms with van der Waals surface area (Å²) in [6, 6.07) is 0. The lowest BCUT2D eigenvalue weighted by atomic mass is 10.1. The first-order valence-electron chi connectivity index (χ1n) is 3.72. The second kappa shape index (κ2) is 3.47. The van der Waals surface area contributed by atoms with Crippen molar-refractivity contribution in [3.8, 4) is 0 Å². The first-order chi connectivity index (χ1) is 5.52. The van der Waals surface area contributed by atoms with Crippen LogP contribution in [0.4, 0.5) is 4.39 Å². The molecule has 0 unspecified atom stereocenters. The maximum Gasteiger partial charge on any atom is 0.235 e. The molecule has 66 valence electrons. The smallest absolute Gasteiger partial charge is 0.235 e. The average Bonchev–Trinajstić information content (AvgIpc) is 1.96. The summed E-state index contributed by atoms with van der Waals surface area (Å²) in [6.45, 7) is 5.48. The molecule has 0 aliphatic rings. The zero-order valence-corrected chi connectivity index (χ0v) is 8.81. The van der Waals surface area contributed by atoms with E-state index in [0.717, 1.165) is 0 Å². The molecular formula is C8H10BrFN2. The summed E-state index contributed by atoms with van der Waals surface area (Å²) in [5, 5.41) is 0. The molecule has 0 spiro atoms. The van der Waals surface area contributed by atoms with Crippen LogP contribution in [-0.4, -0.2) is 9.97 Å². The molecule has 1 rings (SSSR count). The minimum Gasteiger partial charge on any atom is -0.239 e. The fourth-order valence-corrected chi connectivity index (χ4v) is 1.13. The van der Waals surface area contributed by atoms with Gasteiger partial charge in [-0.1, -0.05) is 13.8 Å². The summed E-state index contributed by atoms with van der Waals surface area (Å²) in [5.74, 6) is -0.403. The molecule has 0 aliphatic carbocycles. The minimum atomic E-state index is -0.467. The molecule has 0 fully saturated rings. The molecule has 1 heterocycles. The summed E-state index contributed by atoms with van der Waals surface area (Å²) >= 11 is 3.21. The van der Waals surface area contributed by atoms with Gasteiger partial charge in [-0.05, 0) is 22.9 Å². The van der Waals surface area contributed by atoms with Crippen LogP contribution in [0.2, 0.25) is 0 Å². The first-order valence-corrected chi connectivity index (χ1v) is 4.51. The highest BCUT2D eigenvalue weighted by atomic mass is 79.9. The van der Waals surface area contributed by atoms with E-state index in [2.05, 4.69) is 25.9 Å². The molecule has 4 heteroatoms. The summed E-state index contributed by atoms with van der Waals surface area (Å²) in [5.41, 5.74) is 0.990. The van der Waals surface area contributed by atoms with Gasteiger partial charge in [-0.25, -0.2) is 9.97 Å². The van der Waals surface area contributed by atoms with Gasteiger partial charge in [0.25, 0.3) is 0 Å². The standard InChI is InChI=1S/C8H10BrFN2/c1-4(2)6-8(10)11-5(3)7(9)12-6/h4H,1-3H3. The van der Waals surface area contributed by atoms with Crippen molar-refractivity contribution in [2.45, 2.75) is 26.7 Å². The molecule has 0 bridgehead atoms. The summed E-state index contributed by atoms with van der Waals surface area (Å²) < 4.78 is 13.7. The number of rotatable bonds is 1. The lowest BCUT2D eigenvalue weighted by molar-refractivity contribution is 0.537. The second-order valence-electron chi connectivity index (χ2n) is 2.93. The zero-order valence-electron chi connectivity index (χ0n) is 7.23. The summed E-state index contributed by atoms with van der Waals surface area (Å²) in [6.07, 6.45) is 0. The highest BCUT2D eigenvalue weighted by Gasteiger charge is 2.11. The fourth-order valence-electron chi connectivity index (χ4n) is 0.851. The van der Waals surface area contributed by atoms with Crippen molar-refractivity contribution in [3.05, 3.63) is 21.9 Å². The van der Waals surface area contributed by atoms with Crippen LogP contribution in [0.25, 0.3) is 0 Å². The van der Waals surface area contributed by atoms with E-state index in [1.165, 1.54) is 0 Å². The molecule has 0 aliphatic heterocycles. The van der Waals surface area contributed by atoms with Crippen molar-refractivity contribution in [1.29, 1.82) is 0 Å². The molecule has 0 aromatic carbocycles. The third-order valence-electron chi connectivity index (χ3n) is 1.54. The lowest BCUT2D eigenvalue weighted by Crippen LogP contribution is -2.03. The van der Waals surface area contributed by atoms with Crippen LogP contribution in [-0.2, 0) is 0 Å². The zero-order chi connectivity index (χ0) is 9.30. The van der Waals surface area contributed by atoms with E-state index in [-0.39, 0.29) is 5.92 Å². The number of aryl methyl sites for hydroxylation is 1. The topological polar surface area (TPSA) is 25.8 Å². The molecule has 1 aromatic rings. The molecule has 0 saturated heterocycles. The van der Waals surface area contributed by atoms with Crippen molar-refractivity contribution >= 4 is 15.9 Å². The normalized spacial score (nSPS) is 10.8. The van der Waals surface area contributed by atoms with Gasteiger partial charge in [0.15, 0.2) is 0 Å². The Morgan fingerprint density at radius 3 is 2.42 bits per heavy atom. The lowest BCUT2D eigenvalue weighted by Gasteiger charge is -2.06. The molecule has 0 saturated carbocycles. The van der Waals surface area contributed by atoms with E-state index in [4.69, 9.17) is 0 Å². The Balaban J connectivity index is 3.23. The van der Waals surface area contributed by atoms with Gasteiger partial charge in [0.1, 0.15) is 4.60 Å². The number of hydrogen-bond donors (Lipinski definition) is 0. The predicted octanol–water partition coefficient (Wildman–Crippen LogP) is 2.81. The van der Waals surface area contributed by atoms with Gasteiger partial charge in [-0.3, -0.25) is 0 Å². The molecule has 12 heavy (non-hydrogen) atoms. The predicted molar refractivity (Wildman–Crippen MR) is 48.5 cm³/mol. The SMILES string of the molecule is Cc1nc(F)c(C(C)C)nc1Br. The molecule has 0 radical (unpaired) electrons. The van der Waals surface area contributed by atoms with Crippen LogP contribution in [0.1, 0.15) is 31.2 Å². The van der Waals surface area contributed by atoms with Gasteiger partial charge in [0.05, 0.1) is 11.4 Å². The van der Waals surface area contributed by atoms with E-state index < -0.39 is 5.95 Å². The van der Waals surface area contributed by atoms with Gasteiger partial charge in [0, 0.05) is 5.92 Å². The van der Waals surface area contributed by atoms with E-state index in [9.17, 15) is 4.39 Å². The Hall–Kier alpha value is -0.510. The minimum absolute atomic E-state index is 0.0643. The molecule has 0 atom stereocenters. The van der Waals surface area contributed by atoms with E-state index in [1.54, 1.807) is 6.92 Å². The fraction of sp³-hybridized carbons (Fsp3) is 0.500. The number of hydrogen-bond acceptors (Lipinski definition) is 2. The first kappa shape index (κ1) is 9.58. The van der Waals surface area contributed by atoms with Gasteiger partial charge in [-0.15, -0.1) is 0 Å². The Morgan fingerprint density at radius 1 is 1.33 bits per heavy atom. The van der Waals surface area contributed by atoms with Crippen molar-refractivity contribution in [3.63, 3.8) is 0 Å². The largest absolute Gasteiger partial charge is 0.239 e. The van der Waals surface area contributed by atoms with Crippen molar-refractivity contribution in [2.24, 2.45) is 0 Å². The van der Waals surface area contributed by atoms with Crippen molar-refractivity contribution in [1.82, 2.24) is 9.97 Å². The van der Waals surface area contributed by atoms with Crippen molar-refractivity contribution in [2.75, 3.05) is 0 Å². The number of halogens is 2. The van der Waals surface area contributed by atoms with Crippen LogP contribution in [0, 0.1) is 12.9 Å². The second-order valence-corrected chi connectivity index (χ2v) is 3.68. The highest BCUT2D eigenvalue weighted by molar-refractivity contribution is 9.10. The van der Waals surface area contributed by atoms with Crippen LogP contribution < -0.4 is 0 Å². The summed E-state index contributed by atoms with van der Waals surface area (Å²) in [7, 11) is 0. The molecule has 1 aromatic heterocycles. The van der Waals surface area contributed by atoms with Crippen LogP contribution in [0.3, 0.4) is 0 Å². The van der Waals surface area contributed by atoms with Crippen molar-refractivity contribution < 1.29 is 4.39 Å². The number of nitrogens with zero attached hydrogens (tertiary/aromatic N) is 2. The van der Waals surface area contributed by atoms with Crippen LogP contribution in [0.5, 0.6) is 0 Å². The van der Waals surface area contributed by atoms with Gasteiger partial charge in [-0.2, -0.15) is 4.39 Å². The maximum atomic E-state index is 13.1. The number of aromatic nitrogens is 2. The Bertz CT molecular complexity index is 299. The van der Waals surface area contributed by atoms with E-state index in [1.807, 2.05) is 13.8 Å². The van der Waals surface area contributed by atoms with Gasteiger partial charge < -0.3 is 0 Å². The van der Waals surface area contributed by atoms with Gasteiger partial charge >= 0.3 is 0 Å². The molecule has 0 N–H and O–H groups in total. The van der Waals surface area contributed by atoms with E-state index >= 15 is 0 Å². The van der Waals surface area contributed by atoms with Crippen LogP contribution in [0.15, 0.2) is 4.60 Å². The Kier molecular flexibility index (Phi) is 2.77. The maximum absolute atomic E-state index is 13.1. The third-order valence-corrected chi connectivity index (χ3v) is 2.29. The van der Waals surface area contributed by atoms with Crippen LogP contribution >= 0.6 is 15.9 Å². The molecule has 2 nitrogen and oxygen atoms in total. The Morgan fingerprint density at radius 2 is 1.92 bits per heavy atom. The summed E-state index contributed by atoms with van der Waals surface area (Å²) in [4.78, 5) is 7.77. The highest BCUT2D eigenvalue weighted by Crippen LogP contribution is 2.19. The molecular weight excluding hydrogens is 223 g/mol. The monoisotopic (exact) mass is 232 g/mol. The van der Waals surface area contributed by atoms with Gasteiger partial charge in [0.2, 0.25) is 5.95 Å². The quantitative estimate of drug-likeness (QED) is 0.745. The average molecular weight is 233 g/mol. The third kappa shape index (κ3) is 1.80. The Labute approximate surface area is 79.4 Å².